The molecule has 0 aliphatic rings. The maximum Gasteiger partial charge on any atom is 0.319 e. The van der Waals surface area contributed by atoms with Crippen LogP contribution in [0, 0.1) is 5.82 Å². The molecule has 1 heterocycles. The van der Waals surface area contributed by atoms with Crippen LogP contribution < -0.4 is 10.6 Å². The molecular weight excluding hydrogens is 311 g/mol. The molecule has 24 heavy (non-hydrogen) atoms. The van der Waals surface area contributed by atoms with Crippen LogP contribution in [0.1, 0.15) is 15.9 Å². The van der Waals surface area contributed by atoms with E-state index in [1.54, 1.807) is 32.3 Å². The van der Waals surface area contributed by atoms with Gasteiger partial charge in [0.2, 0.25) is 0 Å². The topological polar surface area (TPSA) is 74.3 Å². The maximum atomic E-state index is 13.4. The highest BCUT2D eigenvalue weighted by molar-refractivity contribution is 5.94. The van der Waals surface area contributed by atoms with Gasteiger partial charge in [0.05, 0.1) is 11.9 Å². The van der Waals surface area contributed by atoms with Crippen molar-refractivity contribution in [2.24, 2.45) is 0 Å². The summed E-state index contributed by atoms with van der Waals surface area (Å²) >= 11 is 0. The average molecular weight is 330 g/mol. The Labute approximate surface area is 139 Å². The van der Waals surface area contributed by atoms with Crippen molar-refractivity contribution in [2.75, 3.05) is 26.0 Å². The molecule has 0 aliphatic heterocycles. The summed E-state index contributed by atoms with van der Waals surface area (Å²) in [5.41, 5.74) is 1.60. The van der Waals surface area contributed by atoms with Gasteiger partial charge in [-0.2, -0.15) is 0 Å². The molecule has 0 saturated heterocycles. The smallest absolute Gasteiger partial charge is 0.319 e. The van der Waals surface area contributed by atoms with Crippen LogP contribution in [0.4, 0.5) is 14.9 Å². The first-order chi connectivity index (χ1) is 11.5. The number of hydrogen-bond donors (Lipinski definition) is 2. The summed E-state index contributed by atoms with van der Waals surface area (Å²) in [6.45, 7) is 0.359. The summed E-state index contributed by atoms with van der Waals surface area (Å²) < 4.78 is 13.4. The minimum atomic E-state index is -0.595. The maximum absolute atomic E-state index is 13.4. The Morgan fingerprint density at radius 2 is 2.04 bits per heavy atom. The van der Waals surface area contributed by atoms with Crippen molar-refractivity contribution in [3.05, 3.63) is 59.7 Å². The van der Waals surface area contributed by atoms with E-state index in [0.29, 0.717) is 18.5 Å². The van der Waals surface area contributed by atoms with E-state index in [2.05, 4.69) is 15.6 Å². The lowest BCUT2D eigenvalue weighted by atomic mass is 10.1. The molecular formula is C17H19FN4O2. The Kier molecular flexibility index (Phi) is 5.83. The zero-order chi connectivity index (χ0) is 17.5. The Morgan fingerprint density at radius 3 is 2.75 bits per heavy atom. The van der Waals surface area contributed by atoms with E-state index < -0.39 is 11.8 Å². The quantitative estimate of drug-likeness (QED) is 0.883. The number of aromatic nitrogens is 1. The number of urea groups is 1. The van der Waals surface area contributed by atoms with Crippen molar-refractivity contribution in [3.8, 4) is 0 Å². The Morgan fingerprint density at radius 1 is 1.25 bits per heavy atom. The molecule has 0 bridgehead atoms. The van der Waals surface area contributed by atoms with Gasteiger partial charge in [-0.15, -0.1) is 0 Å². The third-order valence-corrected chi connectivity index (χ3v) is 3.30. The van der Waals surface area contributed by atoms with Gasteiger partial charge in [0.25, 0.3) is 5.91 Å². The fourth-order valence-corrected chi connectivity index (χ4v) is 2.08. The van der Waals surface area contributed by atoms with Crippen molar-refractivity contribution in [2.45, 2.75) is 6.42 Å². The summed E-state index contributed by atoms with van der Waals surface area (Å²) in [7, 11) is 3.39. The van der Waals surface area contributed by atoms with Crippen LogP contribution in [0.25, 0.3) is 0 Å². The highest BCUT2D eigenvalue weighted by Crippen LogP contribution is 2.10. The zero-order valence-corrected chi connectivity index (χ0v) is 13.5. The number of pyridine rings is 1. The molecule has 0 radical (unpaired) electrons. The first-order valence-electron chi connectivity index (χ1n) is 7.42. The largest absolute Gasteiger partial charge is 0.345 e. The molecule has 0 fully saturated rings. The second-order valence-corrected chi connectivity index (χ2v) is 5.39. The first-order valence-corrected chi connectivity index (χ1v) is 7.42. The van der Waals surface area contributed by atoms with Crippen molar-refractivity contribution in [1.82, 2.24) is 15.2 Å². The molecule has 2 rings (SSSR count). The minimum absolute atomic E-state index is 0.0704. The molecule has 1 aromatic heterocycles. The lowest BCUT2D eigenvalue weighted by Crippen LogP contribution is -2.30. The van der Waals surface area contributed by atoms with Gasteiger partial charge >= 0.3 is 6.03 Å². The van der Waals surface area contributed by atoms with Gasteiger partial charge in [-0.05, 0) is 30.2 Å². The molecule has 0 unspecified atom stereocenters. The normalized spacial score (nSPS) is 10.1. The zero-order valence-electron chi connectivity index (χ0n) is 13.5. The lowest BCUT2D eigenvalue weighted by Gasteiger charge is -2.11. The third-order valence-electron chi connectivity index (χ3n) is 3.30. The fraction of sp³-hybridized carbons (Fsp3) is 0.235. The van der Waals surface area contributed by atoms with Crippen molar-refractivity contribution < 1.29 is 14.0 Å². The summed E-state index contributed by atoms with van der Waals surface area (Å²) in [5, 5.41) is 5.06. The average Bonchev–Trinajstić information content (AvgIpc) is 2.56. The molecule has 126 valence electrons. The van der Waals surface area contributed by atoms with Gasteiger partial charge in [-0.1, -0.05) is 12.1 Å². The highest BCUT2D eigenvalue weighted by Gasteiger charge is 2.09. The van der Waals surface area contributed by atoms with E-state index in [4.69, 9.17) is 0 Å². The van der Waals surface area contributed by atoms with Crippen molar-refractivity contribution in [1.29, 1.82) is 0 Å². The van der Waals surface area contributed by atoms with Gasteiger partial charge < -0.3 is 15.5 Å². The van der Waals surface area contributed by atoms with E-state index in [1.165, 1.54) is 17.2 Å². The molecule has 1 aromatic carbocycles. The van der Waals surface area contributed by atoms with Crippen LogP contribution in [0.5, 0.6) is 0 Å². The Balaban J connectivity index is 1.86. The van der Waals surface area contributed by atoms with Crippen LogP contribution in [-0.2, 0) is 6.42 Å². The predicted molar refractivity (Wildman–Crippen MR) is 89.4 cm³/mol. The fourth-order valence-electron chi connectivity index (χ4n) is 2.08. The number of nitrogens with one attached hydrogen (secondary N) is 2. The molecule has 6 nitrogen and oxygen atoms in total. The van der Waals surface area contributed by atoms with E-state index in [0.717, 1.165) is 11.8 Å². The highest BCUT2D eigenvalue weighted by atomic mass is 19.1. The van der Waals surface area contributed by atoms with Gasteiger partial charge in [0.15, 0.2) is 5.82 Å². The van der Waals surface area contributed by atoms with E-state index in [-0.39, 0.29) is 11.6 Å². The monoisotopic (exact) mass is 330 g/mol. The minimum Gasteiger partial charge on any atom is -0.345 e. The Hall–Kier alpha value is -2.96. The van der Waals surface area contributed by atoms with Gasteiger partial charge in [0.1, 0.15) is 0 Å². The number of nitrogens with zero attached hydrogens (tertiary/aromatic N) is 2. The number of anilines is 1. The molecule has 0 saturated carbocycles. The van der Waals surface area contributed by atoms with E-state index in [1.807, 2.05) is 6.07 Å². The lowest BCUT2D eigenvalue weighted by molar-refractivity contribution is 0.0827. The van der Waals surface area contributed by atoms with Crippen molar-refractivity contribution in [3.63, 3.8) is 0 Å². The summed E-state index contributed by atoms with van der Waals surface area (Å²) in [6, 6.07) is 8.11. The summed E-state index contributed by atoms with van der Waals surface area (Å²) in [6.07, 6.45) is 2.98. The van der Waals surface area contributed by atoms with Crippen molar-refractivity contribution >= 4 is 17.6 Å². The molecule has 7 heteroatoms. The molecule has 0 spiro atoms. The van der Waals surface area contributed by atoms with Gasteiger partial charge in [-0.25, -0.2) is 9.18 Å². The molecule has 2 N–H and O–H groups in total. The van der Waals surface area contributed by atoms with Crippen LogP contribution in [0.3, 0.4) is 0 Å². The van der Waals surface area contributed by atoms with Crippen LogP contribution in [-0.4, -0.2) is 42.5 Å². The second-order valence-electron chi connectivity index (χ2n) is 5.39. The number of benzene rings is 1. The van der Waals surface area contributed by atoms with Crippen LogP contribution in [0.2, 0.25) is 0 Å². The van der Waals surface area contributed by atoms with Crippen LogP contribution >= 0.6 is 0 Å². The van der Waals surface area contributed by atoms with E-state index >= 15 is 0 Å². The number of hydrogen-bond acceptors (Lipinski definition) is 3. The Bertz CT molecular complexity index is 734. The van der Waals surface area contributed by atoms with Gasteiger partial charge in [0, 0.05) is 32.4 Å². The molecule has 3 amide bonds. The number of carbonyl (C=O) groups excluding carboxylic acids is 2. The first kappa shape index (κ1) is 17.4. The van der Waals surface area contributed by atoms with Crippen LogP contribution in [0.15, 0.2) is 42.7 Å². The SMILES string of the molecule is CN(C)C(=O)c1cccc(CCNC(=O)Nc2ccncc2F)c1. The molecule has 2 aromatic rings. The van der Waals surface area contributed by atoms with Gasteiger partial charge in [-0.3, -0.25) is 9.78 Å². The van der Waals surface area contributed by atoms with E-state index in [9.17, 15) is 14.0 Å². The third kappa shape index (κ3) is 4.77. The number of carbonyl (C=O) groups is 2. The summed E-state index contributed by atoms with van der Waals surface area (Å²) in [4.78, 5) is 28.8. The molecule has 0 aliphatic carbocycles. The standard InChI is InChI=1S/C17H19FN4O2/c1-22(2)16(23)13-5-3-4-12(10-13)6-9-20-17(24)21-15-7-8-19-11-14(15)18/h3-5,7-8,10-11H,6,9H2,1-2H3,(H2,19,20,21,24). The summed E-state index contributed by atoms with van der Waals surface area (Å²) in [5.74, 6) is -0.668. The predicted octanol–water partition coefficient (Wildman–Crippen LogP) is 2.29. The number of halogens is 1. The number of rotatable bonds is 5. The second kappa shape index (κ2) is 8.05. The molecule has 0 atom stereocenters. The number of amides is 3.